The quantitative estimate of drug-likeness (QED) is 0.770. The summed E-state index contributed by atoms with van der Waals surface area (Å²) in [5.74, 6) is 0.00869. The van der Waals surface area contributed by atoms with Crippen LogP contribution >= 0.6 is 0 Å². The summed E-state index contributed by atoms with van der Waals surface area (Å²) in [7, 11) is -3.55. The fourth-order valence-electron chi connectivity index (χ4n) is 4.10. The molecular weight excluding hydrogens is 398 g/mol. The first-order chi connectivity index (χ1) is 14.4. The molecular formula is C23H29N3O3S. The normalized spacial score (nSPS) is 19.4. The lowest BCUT2D eigenvalue weighted by molar-refractivity contribution is -0.127. The van der Waals surface area contributed by atoms with Gasteiger partial charge in [0.25, 0.3) is 0 Å². The second-order valence-corrected chi connectivity index (χ2v) is 10.2. The van der Waals surface area contributed by atoms with Crippen LogP contribution in [0.1, 0.15) is 35.6 Å². The molecule has 1 saturated heterocycles. The lowest BCUT2D eigenvalue weighted by atomic mass is 10.0. The summed E-state index contributed by atoms with van der Waals surface area (Å²) < 4.78 is 27.9. The summed E-state index contributed by atoms with van der Waals surface area (Å²) in [5, 5.41) is 3.12. The molecule has 7 heteroatoms. The highest BCUT2D eigenvalue weighted by molar-refractivity contribution is 7.89. The predicted octanol–water partition coefficient (Wildman–Crippen LogP) is 2.63. The van der Waals surface area contributed by atoms with Crippen molar-refractivity contribution < 1.29 is 13.2 Å². The van der Waals surface area contributed by atoms with Crippen molar-refractivity contribution in [2.45, 2.75) is 43.7 Å². The monoisotopic (exact) mass is 427 g/mol. The maximum Gasteiger partial charge on any atom is 0.243 e. The van der Waals surface area contributed by atoms with Gasteiger partial charge in [-0.05, 0) is 43.9 Å². The van der Waals surface area contributed by atoms with Gasteiger partial charge in [-0.2, -0.15) is 4.31 Å². The van der Waals surface area contributed by atoms with Crippen LogP contribution in [0.2, 0.25) is 0 Å². The van der Waals surface area contributed by atoms with Gasteiger partial charge in [-0.3, -0.25) is 9.69 Å². The molecule has 1 N–H and O–H groups in total. The van der Waals surface area contributed by atoms with Gasteiger partial charge in [0.1, 0.15) is 6.04 Å². The van der Waals surface area contributed by atoms with Crippen LogP contribution in [-0.4, -0.2) is 55.8 Å². The molecule has 1 heterocycles. The number of nitrogens with zero attached hydrogens (tertiary/aromatic N) is 2. The van der Waals surface area contributed by atoms with Crippen LogP contribution in [0.25, 0.3) is 0 Å². The number of benzene rings is 2. The van der Waals surface area contributed by atoms with Crippen molar-refractivity contribution in [2.24, 2.45) is 0 Å². The predicted molar refractivity (Wildman–Crippen MR) is 117 cm³/mol. The van der Waals surface area contributed by atoms with Gasteiger partial charge in [0.05, 0.1) is 4.90 Å². The van der Waals surface area contributed by atoms with Gasteiger partial charge >= 0.3 is 0 Å². The highest BCUT2D eigenvalue weighted by atomic mass is 32.2. The molecule has 1 aliphatic heterocycles. The third-order valence-electron chi connectivity index (χ3n) is 5.87. The van der Waals surface area contributed by atoms with Crippen LogP contribution in [0.4, 0.5) is 0 Å². The Bertz CT molecular complexity index is 1010. The summed E-state index contributed by atoms with van der Waals surface area (Å²) in [5.41, 5.74) is 2.76. The van der Waals surface area contributed by atoms with Crippen molar-refractivity contribution in [1.82, 2.24) is 14.5 Å². The fourth-order valence-corrected chi connectivity index (χ4v) is 5.73. The van der Waals surface area contributed by atoms with E-state index in [1.54, 1.807) is 10.4 Å². The molecule has 30 heavy (non-hydrogen) atoms. The van der Waals surface area contributed by atoms with Gasteiger partial charge in [-0.15, -0.1) is 0 Å². The minimum Gasteiger partial charge on any atom is -0.352 e. The molecule has 0 radical (unpaired) electrons. The van der Waals surface area contributed by atoms with E-state index in [1.165, 1.54) is 0 Å². The van der Waals surface area contributed by atoms with Crippen molar-refractivity contribution in [3.05, 3.63) is 65.2 Å². The molecule has 2 fully saturated rings. The Labute approximate surface area is 178 Å². The van der Waals surface area contributed by atoms with E-state index >= 15 is 0 Å². The first-order valence-corrected chi connectivity index (χ1v) is 12.0. The molecule has 0 unspecified atom stereocenters. The molecule has 4 rings (SSSR count). The number of aryl methyl sites for hydroxylation is 2. The Kier molecular flexibility index (Phi) is 5.95. The number of carbonyl (C=O) groups excluding carboxylic acids is 1. The zero-order valence-corrected chi connectivity index (χ0v) is 18.4. The van der Waals surface area contributed by atoms with Crippen LogP contribution in [0, 0.1) is 13.8 Å². The number of nitrogens with one attached hydrogen (secondary N) is 1. The van der Waals surface area contributed by atoms with Crippen LogP contribution in [0.5, 0.6) is 0 Å². The first kappa shape index (κ1) is 21.0. The smallest absolute Gasteiger partial charge is 0.243 e. The van der Waals surface area contributed by atoms with Gasteiger partial charge in [0.15, 0.2) is 0 Å². The number of carbonyl (C=O) groups is 1. The number of rotatable bonds is 6. The maximum absolute atomic E-state index is 13.2. The largest absolute Gasteiger partial charge is 0.352 e. The highest BCUT2D eigenvalue weighted by Crippen LogP contribution is 2.28. The van der Waals surface area contributed by atoms with E-state index in [2.05, 4.69) is 10.2 Å². The van der Waals surface area contributed by atoms with E-state index in [9.17, 15) is 13.2 Å². The molecule has 2 aromatic carbocycles. The van der Waals surface area contributed by atoms with E-state index in [-0.39, 0.29) is 11.9 Å². The Morgan fingerprint density at radius 1 is 1.00 bits per heavy atom. The minimum absolute atomic E-state index is 0.00869. The second kappa shape index (κ2) is 8.49. The standard InChI is InChI=1S/C23H29N3O3S/c1-17-8-11-21(18(2)16-17)30(28,29)26-14-12-25(13-15-26)22(19-6-4-3-5-7-19)23(27)24-20-9-10-20/h3-8,11,16,20,22H,9-10,12-15H2,1-2H3,(H,24,27)/t22-/m1/s1. The van der Waals surface area contributed by atoms with Gasteiger partial charge in [-0.1, -0.05) is 48.0 Å². The molecule has 2 aliphatic rings. The van der Waals surface area contributed by atoms with Crippen LogP contribution in [-0.2, 0) is 14.8 Å². The Morgan fingerprint density at radius 2 is 1.67 bits per heavy atom. The van der Waals surface area contributed by atoms with Crippen LogP contribution < -0.4 is 5.32 Å². The summed E-state index contributed by atoms with van der Waals surface area (Å²) in [4.78, 5) is 15.5. The third-order valence-corrected chi connectivity index (χ3v) is 7.93. The molecule has 160 valence electrons. The van der Waals surface area contributed by atoms with Crippen molar-refractivity contribution in [3.8, 4) is 0 Å². The van der Waals surface area contributed by atoms with Gasteiger partial charge in [0, 0.05) is 32.2 Å². The Morgan fingerprint density at radius 3 is 2.27 bits per heavy atom. The second-order valence-electron chi connectivity index (χ2n) is 8.31. The topological polar surface area (TPSA) is 69.7 Å². The molecule has 6 nitrogen and oxygen atoms in total. The van der Waals surface area contributed by atoms with Gasteiger partial charge in [0.2, 0.25) is 15.9 Å². The van der Waals surface area contributed by atoms with Gasteiger partial charge in [-0.25, -0.2) is 8.42 Å². The Hall–Kier alpha value is -2.22. The van der Waals surface area contributed by atoms with Crippen LogP contribution in [0.3, 0.4) is 0 Å². The molecule has 1 aliphatic carbocycles. The molecule has 2 aromatic rings. The van der Waals surface area contributed by atoms with E-state index < -0.39 is 16.1 Å². The zero-order valence-electron chi connectivity index (χ0n) is 17.5. The third kappa shape index (κ3) is 4.43. The molecule has 1 amide bonds. The first-order valence-electron chi connectivity index (χ1n) is 10.5. The van der Waals surface area contributed by atoms with Crippen molar-refractivity contribution >= 4 is 15.9 Å². The lowest BCUT2D eigenvalue weighted by Crippen LogP contribution is -2.52. The minimum atomic E-state index is -3.55. The van der Waals surface area contributed by atoms with E-state index in [0.717, 1.165) is 29.5 Å². The molecule has 0 aromatic heterocycles. The molecule has 0 spiro atoms. The summed E-state index contributed by atoms with van der Waals surface area (Å²) in [6.07, 6.45) is 2.07. The summed E-state index contributed by atoms with van der Waals surface area (Å²) in [6, 6.07) is 15.1. The number of amides is 1. The molecule has 1 atom stereocenters. The van der Waals surface area contributed by atoms with E-state index in [4.69, 9.17) is 0 Å². The molecule has 1 saturated carbocycles. The maximum atomic E-state index is 13.2. The van der Waals surface area contributed by atoms with Crippen molar-refractivity contribution in [2.75, 3.05) is 26.2 Å². The Balaban J connectivity index is 1.50. The van der Waals surface area contributed by atoms with Gasteiger partial charge < -0.3 is 5.32 Å². The number of piperazine rings is 1. The SMILES string of the molecule is Cc1ccc(S(=O)(=O)N2CCN([C@@H](C(=O)NC3CC3)c3ccccc3)CC2)c(C)c1. The zero-order chi connectivity index (χ0) is 21.3. The van der Waals surface area contributed by atoms with Crippen molar-refractivity contribution in [3.63, 3.8) is 0 Å². The fraction of sp³-hybridized carbons (Fsp3) is 0.435. The summed E-state index contributed by atoms with van der Waals surface area (Å²) in [6.45, 7) is 5.57. The number of hydrogen-bond acceptors (Lipinski definition) is 4. The summed E-state index contributed by atoms with van der Waals surface area (Å²) >= 11 is 0. The van der Waals surface area contributed by atoms with E-state index in [0.29, 0.717) is 31.1 Å². The van der Waals surface area contributed by atoms with E-state index in [1.807, 2.05) is 56.3 Å². The molecule has 0 bridgehead atoms. The average molecular weight is 428 g/mol. The number of sulfonamides is 1. The number of hydrogen-bond donors (Lipinski definition) is 1. The van der Waals surface area contributed by atoms with Crippen LogP contribution in [0.15, 0.2) is 53.4 Å². The highest BCUT2D eigenvalue weighted by Gasteiger charge is 2.36. The average Bonchev–Trinajstić information content (AvgIpc) is 3.53. The van der Waals surface area contributed by atoms with Crippen molar-refractivity contribution in [1.29, 1.82) is 0 Å². The lowest BCUT2D eigenvalue weighted by Gasteiger charge is -2.38.